The molecule has 0 heterocycles. The predicted molar refractivity (Wildman–Crippen MR) is 67.7 cm³/mol. The highest BCUT2D eigenvalue weighted by molar-refractivity contribution is 9.10. The highest BCUT2D eigenvalue weighted by atomic mass is 79.9. The van der Waals surface area contributed by atoms with E-state index in [4.69, 9.17) is 4.74 Å². The lowest BCUT2D eigenvalue weighted by atomic mass is 10.1. The lowest BCUT2D eigenvalue weighted by Gasteiger charge is -2.10. The minimum absolute atomic E-state index is 0.0889. The summed E-state index contributed by atoms with van der Waals surface area (Å²) in [5.74, 6) is 0.885. The molecule has 0 N–H and O–H groups in total. The Morgan fingerprint density at radius 1 is 1.53 bits per heavy atom. The Morgan fingerprint density at radius 3 is 2.67 bits per heavy atom. The molecule has 0 aromatic heterocycles. The van der Waals surface area contributed by atoms with Gasteiger partial charge in [0.05, 0.1) is 15.9 Å². The van der Waals surface area contributed by atoms with Gasteiger partial charge in [-0.05, 0) is 47.5 Å². The van der Waals surface area contributed by atoms with E-state index in [1.807, 2.05) is 25.1 Å². The van der Waals surface area contributed by atoms with Crippen LogP contribution in [0.1, 0.15) is 24.2 Å². The standard InChI is InChI=1S/C11H12Br2O2/c1-3-15-10-5-4-8(6-9(10)12)11(13)7(2)14/h4-6,11H,3H2,1-2H3. The monoisotopic (exact) mass is 334 g/mol. The van der Waals surface area contributed by atoms with E-state index >= 15 is 0 Å². The molecule has 1 aromatic rings. The van der Waals surface area contributed by atoms with Crippen molar-refractivity contribution in [2.24, 2.45) is 0 Å². The maximum atomic E-state index is 11.2. The number of ketones is 1. The first-order valence-electron chi connectivity index (χ1n) is 4.63. The van der Waals surface area contributed by atoms with Crippen LogP contribution in [-0.2, 0) is 4.79 Å². The van der Waals surface area contributed by atoms with Crippen LogP contribution in [0.3, 0.4) is 0 Å². The number of hydrogen-bond acceptors (Lipinski definition) is 2. The van der Waals surface area contributed by atoms with Crippen LogP contribution in [-0.4, -0.2) is 12.4 Å². The first-order chi connectivity index (χ1) is 7.06. The fourth-order valence-corrected chi connectivity index (χ4v) is 1.98. The summed E-state index contributed by atoms with van der Waals surface area (Å²) in [4.78, 5) is 10.9. The fraction of sp³-hybridized carbons (Fsp3) is 0.364. The SMILES string of the molecule is CCOc1ccc(C(Br)C(C)=O)cc1Br. The van der Waals surface area contributed by atoms with Gasteiger partial charge in [0.15, 0.2) is 0 Å². The van der Waals surface area contributed by atoms with E-state index < -0.39 is 0 Å². The topological polar surface area (TPSA) is 26.3 Å². The van der Waals surface area contributed by atoms with Crippen molar-refractivity contribution >= 4 is 37.6 Å². The second-order valence-electron chi connectivity index (χ2n) is 3.10. The van der Waals surface area contributed by atoms with Gasteiger partial charge in [-0.3, -0.25) is 4.79 Å². The number of Topliss-reactive ketones (excluding diaryl/α,β-unsaturated/α-hetero) is 1. The van der Waals surface area contributed by atoms with Crippen LogP contribution < -0.4 is 4.74 Å². The summed E-state index contributed by atoms with van der Waals surface area (Å²) in [7, 11) is 0. The van der Waals surface area contributed by atoms with Gasteiger partial charge in [0.2, 0.25) is 0 Å². The molecule has 82 valence electrons. The quantitative estimate of drug-likeness (QED) is 0.781. The zero-order valence-corrected chi connectivity index (χ0v) is 11.8. The van der Waals surface area contributed by atoms with Gasteiger partial charge < -0.3 is 4.74 Å². The van der Waals surface area contributed by atoms with Gasteiger partial charge in [-0.25, -0.2) is 0 Å². The molecule has 0 fully saturated rings. The Bertz CT molecular complexity index is 364. The highest BCUT2D eigenvalue weighted by Crippen LogP contribution is 2.31. The van der Waals surface area contributed by atoms with Crippen LogP contribution in [0.15, 0.2) is 22.7 Å². The summed E-state index contributed by atoms with van der Waals surface area (Å²) in [6.07, 6.45) is 0. The summed E-state index contributed by atoms with van der Waals surface area (Å²) in [6, 6.07) is 5.64. The summed E-state index contributed by atoms with van der Waals surface area (Å²) >= 11 is 6.75. The zero-order chi connectivity index (χ0) is 11.4. The summed E-state index contributed by atoms with van der Waals surface area (Å²) in [5, 5.41) is 0. The Balaban J connectivity index is 2.95. The maximum absolute atomic E-state index is 11.2. The van der Waals surface area contributed by atoms with Gasteiger partial charge in [-0.1, -0.05) is 22.0 Å². The van der Waals surface area contributed by atoms with Crippen molar-refractivity contribution in [1.82, 2.24) is 0 Å². The van der Waals surface area contributed by atoms with Crippen molar-refractivity contribution in [2.75, 3.05) is 6.61 Å². The summed E-state index contributed by atoms with van der Waals surface area (Å²) in [6.45, 7) is 4.12. The highest BCUT2D eigenvalue weighted by Gasteiger charge is 2.13. The lowest BCUT2D eigenvalue weighted by Crippen LogP contribution is -2.01. The third-order valence-corrected chi connectivity index (χ3v) is 3.70. The molecule has 1 aromatic carbocycles. The smallest absolute Gasteiger partial charge is 0.147 e. The van der Waals surface area contributed by atoms with E-state index in [1.54, 1.807) is 6.92 Å². The molecule has 0 radical (unpaired) electrons. The minimum atomic E-state index is -0.246. The van der Waals surface area contributed by atoms with Crippen LogP contribution in [0, 0.1) is 0 Å². The Kier molecular flexibility index (Phi) is 4.80. The number of ether oxygens (including phenoxy) is 1. The number of carbonyl (C=O) groups is 1. The molecule has 1 atom stereocenters. The van der Waals surface area contributed by atoms with Crippen molar-refractivity contribution in [3.05, 3.63) is 28.2 Å². The number of carbonyl (C=O) groups excluding carboxylic acids is 1. The molecule has 1 rings (SSSR count). The molecule has 0 bridgehead atoms. The molecule has 0 amide bonds. The number of hydrogen-bond donors (Lipinski definition) is 0. The third kappa shape index (κ3) is 3.31. The van der Waals surface area contributed by atoms with Crippen molar-refractivity contribution in [3.63, 3.8) is 0 Å². The Morgan fingerprint density at radius 2 is 2.20 bits per heavy atom. The van der Waals surface area contributed by atoms with Gasteiger partial charge in [0.25, 0.3) is 0 Å². The minimum Gasteiger partial charge on any atom is -0.493 e. The van der Waals surface area contributed by atoms with E-state index in [2.05, 4.69) is 31.9 Å². The molecule has 4 heteroatoms. The lowest BCUT2D eigenvalue weighted by molar-refractivity contribution is -0.116. The average molecular weight is 336 g/mol. The van der Waals surface area contributed by atoms with Crippen LogP contribution in [0.5, 0.6) is 5.75 Å². The molecule has 1 unspecified atom stereocenters. The molecule has 0 saturated heterocycles. The van der Waals surface area contributed by atoms with Crippen LogP contribution in [0.2, 0.25) is 0 Å². The first-order valence-corrected chi connectivity index (χ1v) is 6.34. The van der Waals surface area contributed by atoms with Crippen LogP contribution >= 0.6 is 31.9 Å². The molecular formula is C11H12Br2O2. The van der Waals surface area contributed by atoms with Gasteiger partial charge in [0, 0.05) is 0 Å². The van der Waals surface area contributed by atoms with E-state index in [-0.39, 0.29) is 10.6 Å². The molecule has 0 aliphatic carbocycles. The summed E-state index contributed by atoms with van der Waals surface area (Å²) < 4.78 is 6.25. The van der Waals surface area contributed by atoms with Gasteiger partial charge in [-0.15, -0.1) is 0 Å². The molecule has 0 aliphatic rings. The van der Waals surface area contributed by atoms with Crippen molar-refractivity contribution < 1.29 is 9.53 Å². The normalized spacial score (nSPS) is 12.3. The second kappa shape index (κ2) is 5.66. The summed E-state index contributed by atoms with van der Waals surface area (Å²) in [5.41, 5.74) is 0.929. The maximum Gasteiger partial charge on any atom is 0.147 e. The molecule has 2 nitrogen and oxygen atoms in total. The van der Waals surface area contributed by atoms with E-state index in [1.165, 1.54) is 0 Å². The molecule has 0 spiro atoms. The van der Waals surface area contributed by atoms with Gasteiger partial charge in [0.1, 0.15) is 11.5 Å². The Hall–Kier alpha value is -0.350. The number of rotatable bonds is 4. The van der Waals surface area contributed by atoms with Gasteiger partial charge >= 0.3 is 0 Å². The van der Waals surface area contributed by atoms with E-state index in [9.17, 15) is 4.79 Å². The molecule has 0 saturated carbocycles. The zero-order valence-electron chi connectivity index (χ0n) is 8.59. The molecule has 15 heavy (non-hydrogen) atoms. The third-order valence-electron chi connectivity index (χ3n) is 1.91. The Labute approximate surface area is 106 Å². The van der Waals surface area contributed by atoms with Crippen LogP contribution in [0.4, 0.5) is 0 Å². The predicted octanol–water partition coefficient (Wildman–Crippen LogP) is 3.87. The van der Waals surface area contributed by atoms with Crippen molar-refractivity contribution in [2.45, 2.75) is 18.7 Å². The number of alkyl halides is 1. The molecule has 0 aliphatic heterocycles. The van der Waals surface area contributed by atoms with Crippen molar-refractivity contribution in [1.29, 1.82) is 0 Å². The number of halogens is 2. The molecular weight excluding hydrogens is 324 g/mol. The van der Waals surface area contributed by atoms with E-state index in [0.717, 1.165) is 15.8 Å². The average Bonchev–Trinajstić information content (AvgIpc) is 2.20. The largest absolute Gasteiger partial charge is 0.493 e. The van der Waals surface area contributed by atoms with Crippen LogP contribution in [0.25, 0.3) is 0 Å². The van der Waals surface area contributed by atoms with Crippen molar-refractivity contribution in [3.8, 4) is 5.75 Å². The van der Waals surface area contributed by atoms with Gasteiger partial charge in [-0.2, -0.15) is 0 Å². The first kappa shape index (κ1) is 12.7. The second-order valence-corrected chi connectivity index (χ2v) is 4.87. The number of benzene rings is 1. The van der Waals surface area contributed by atoms with E-state index in [0.29, 0.717) is 6.61 Å². The fourth-order valence-electron chi connectivity index (χ4n) is 1.18.